The molecule has 1 N–H and O–H groups in total. The number of hydrogen-bond donors (Lipinski definition) is 1. The third-order valence-corrected chi connectivity index (χ3v) is 4.01. The summed E-state index contributed by atoms with van der Waals surface area (Å²) in [5, 5.41) is 14.6. The molecule has 0 unspecified atom stereocenters. The minimum atomic E-state index is -0.381. The van der Waals surface area contributed by atoms with Crippen molar-refractivity contribution in [2.45, 2.75) is 13.5 Å². The molecule has 0 atom stereocenters. The van der Waals surface area contributed by atoms with Crippen molar-refractivity contribution in [2.24, 2.45) is 0 Å². The summed E-state index contributed by atoms with van der Waals surface area (Å²) in [6.07, 6.45) is 0. The summed E-state index contributed by atoms with van der Waals surface area (Å²) in [4.78, 5) is 11.1. The maximum absolute atomic E-state index is 10.6. The number of hydrogen-bond acceptors (Lipinski definition) is 4. The molecule has 0 aliphatic heterocycles. The molecule has 2 rings (SSSR count). The van der Waals surface area contributed by atoms with Crippen LogP contribution >= 0.6 is 22.9 Å². The van der Waals surface area contributed by atoms with Gasteiger partial charge in [0.1, 0.15) is 0 Å². The third kappa shape index (κ3) is 2.80. The van der Waals surface area contributed by atoms with E-state index in [0.29, 0.717) is 11.6 Å². The van der Waals surface area contributed by atoms with Crippen molar-refractivity contribution in [2.75, 3.05) is 5.32 Å². The first-order valence-corrected chi connectivity index (χ1v) is 6.49. The van der Waals surface area contributed by atoms with E-state index in [1.807, 2.05) is 25.1 Å². The van der Waals surface area contributed by atoms with Crippen molar-refractivity contribution in [1.29, 1.82) is 0 Å². The molecule has 0 aliphatic rings. The second-order valence-electron chi connectivity index (χ2n) is 3.79. The molecular weight excluding hydrogens is 272 g/mol. The lowest BCUT2D eigenvalue weighted by molar-refractivity contribution is -0.380. The van der Waals surface area contributed by atoms with Crippen molar-refractivity contribution in [1.82, 2.24) is 0 Å². The van der Waals surface area contributed by atoms with E-state index in [1.165, 1.54) is 17.4 Å². The summed E-state index contributed by atoms with van der Waals surface area (Å²) in [7, 11) is 0. The molecule has 94 valence electrons. The highest BCUT2D eigenvalue weighted by Gasteiger charge is 2.10. The normalized spacial score (nSPS) is 10.3. The van der Waals surface area contributed by atoms with Gasteiger partial charge in [0, 0.05) is 17.5 Å². The summed E-state index contributed by atoms with van der Waals surface area (Å²) in [6.45, 7) is 2.46. The second kappa shape index (κ2) is 5.37. The number of anilines is 1. The van der Waals surface area contributed by atoms with Crippen molar-refractivity contribution >= 4 is 33.6 Å². The van der Waals surface area contributed by atoms with E-state index in [1.54, 1.807) is 6.07 Å². The van der Waals surface area contributed by atoms with Crippen LogP contribution in [0, 0.1) is 17.0 Å². The van der Waals surface area contributed by atoms with Gasteiger partial charge in [-0.3, -0.25) is 10.1 Å². The molecule has 0 saturated carbocycles. The zero-order chi connectivity index (χ0) is 13.1. The predicted octanol–water partition coefficient (Wildman–Crippen LogP) is 4.23. The Morgan fingerprint density at radius 1 is 1.39 bits per heavy atom. The maximum Gasteiger partial charge on any atom is 0.324 e. The van der Waals surface area contributed by atoms with E-state index in [0.717, 1.165) is 16.1 Å². The summed E-state index contributed by atoms with van der Waals surface area (Å²) in [5.74, 6) is 0. The summed E-state index contributed by atoms with van der Waals surface area (Å²) < 4.78 is 0. The SMILES string of the molecule is Cc1cccc(NCc2ccc([N+](=O)[O-])s2)c1Cl. The molecule has 18 heavy (non-hydrogen) atoms. The lowest BCUT2D eigenvalue weighted by Gasteiger charge is -2.08. The van der Waals surface area contributed by atoms with Crippen LogP contribution in [-0.2, 0) is 6.54 Å². The van der Waals surface area contributed by atoms with Gasteiger partial charge < -0.3 is 5.32 Å². The molecule has 0 spiro atoms. The molecule has 0 saturated heterocycles. The highest BCUT2D eigenvalue weighted by Crippen LogP contribution is 2.28. The van der Waals surface area contributed by atoms with Gasteiger partial charge in [-0.2, -0.15) is 0 Å². The minimum absolute atomic E-state index is 0.155. The molecule has 0 aliphatic carbocycles. The number of nitrogens with zero attached hydrogens (tertiary/aromatic N) is 1. The van der Waals surface area contributed by atoms with Crippen molar-refractivity contribution in [3.8, 4) is 0 Å². The zero-order valence-corrected chi connectivity index (χ0v) is 11.2. The van der Waals surface area contributed by atoms with E-state index >= 15 is 0 Å². The smallest absolute Gasteiger partial charge is 0.324 e. The van der Waals surface area contributed by atoms with Crippen LogP contribution in [0.2, 0.25) is 5.02 Å². The molecule has 0 fully saturated rings. The number of aryl methyl sites for hydroxylation is 1. The Morgan fingerprint density at radius 2 is 2.17 bits per heavy atom. The van der Waals surface area contributed by atoms with E-state index in [9.17, 15) is 10.1 Å². The molecule has 2 aromatic rings. The molecule has 0 amide bonds. The number of nitrogens with one attached hydrogen (secondary N) is 1. The van der Waals surface area contributed by atoms with Crippen LogP contribution in [0.3, 0.4) is 0 Å². The first-order valence-electron chi connectivity index (χ1n) is 5.30. The van der Waals surface area contributed by atoms with Gasteiger partial charge in [-0.25, -0.2) is 0 Å². The summed E-state index contributed by atoms with van der Waals surface area (Å²) in [6, 6.07) is 9.00. The molecular formula is C12H11ClN2O2S. The highest BCUT2D eigenvalue weighted by atomic mass is 35.5. The van der Waals surface area contributed by atoms with Crippen LogP contribution in [0.25, 0.3) is 0 Å². The van der Waals surface area contributed by atoms with Gasteiger partial charge in [0.15, 0.2) is 0 Å². The molecule has 0 radical (unpaired) electrons. The van der Waals surface area contributed by atoms with Crippen LogP contribution in [0.15, 0.2) is 30.3 Å². The number of halogens is 1. The second-order valence-corrected chi connectivity index (χ2v) is 5.31. The summed E-state index contributed by atoms with van der Waals surface area (Å²) >= 11 is 7.31. The lowest BCUT2D eigenvalue weighted by Crippen LogP contribution is -1.98. The first-order chi connectivity index (χ1) is 8.58. The molecule has 0 bridgehead atoms. The van der Waals surface area contributed by atoms with Crippen molar-refractivity contribution in [3.05, 3.63) is 55.9 Å². The maximum atomic E-state index is 10.6. The standard InChI is InChI=1S/C12H11ClN2O2S/c1-8-3-2-4-10(12(8)13)14-7-9-5-6-11(18-9)15(16)17/h2-6,14H,7H2,1H3. The van der Waals surface area contributed by atoms with Gasteiger partial charge in [-0.05, 0) is 24.6 Å². The fourth-order valence-electron chi connectivity index (χ4n) is 1.53. The Kier molecular flexibility index (Phi) is 3.84. The Hall–Kier alpha value is -1.59. The molecule has 1 heterocycles. The van der Waals surface area contributed by atoms with Gasteiger partial charge in [0.25, 0.3) is 0 Å². The molecule has 6 heteroatoms. The quantitative estimate of drug-likeness (QED) is 0.674. The van der Waals surface area contributed by atoms with Crippen molar-refractivity contribution < 1.29 is 4.92 Å². The van der Waals surface area contributed by atoms with Crippen molar-refractivity contribution in [3.63, 3.8) is 0 Å². The molecule has 1 aromatic heterocycles. The molecule has 1 aromatic carbocycles. The van der Waals surface area contributed by atoms with Crippen LogP contribution in [0.4, 0.5) is 10.7 Å². The van der Waals surface area contributed by atoms with Gasteiger partial charge in [-0.15, -0.1) is 0 Å². The highest BCUT2D eigenvalue weighted by molar-refractivity contribution is 7.15. The van der Waals surface area contributed by atoms with Gasteiger partial charge >= 0.3 is 5.00 Å². The van der Waals surface area contributed by atoms with Crippen LogP contribution in [0.1, 0.15) is 10.4 Å². The number of thiophene rings is 1. The van der Waals surface area contributed by atoms with Gasteiger partial charge in [-0.1, -0.05) is 35.1 Å². The number of nitro groups is 1. The Labute approximate surface area is 113 Å². The monoisotopic (exact) mass is 282 g/mol. The average Bonchev–Trinajstić information content (AvgIpc) is 2.80. The fourth-order valence-corrected chi connectivity index (χ4v) is 2.48. The van der Waals surface area contributed by atoms with Gasteiger partial charge in [0.2, 0.25) is 0 Å². The zero-order valence-electron chi connectivity index (χ0n) is 9.64. The lowest BCUT2D eigenvalue weighted by atomic mass is 10.2. The van der Waals surface area contributed by atoms with E-state index < -0.39 is 0 Å². The van der Waals surface area contributed by atoms with Gasteiger partial charge in [0.05, 0.1) is 15.6 Å². The Bertz CT molecular complexity index is 583. The van der Waals surface area contributed by atoms with Crippen LogP contribution < -0.4 is 5.32 Å². The number of benzene rings is 1. The number of rotatable bonds is 4. The topological polar surface area (TPSA) is 55.2 Å². The van der Waals surface area contributed by atoms with Crippen LogP contribution in [-0.4, -0.2) is 4.92 Å². The van der Waals surface area contributed by atoms with E-state index in [2.05, 4.69) is 5.32 Å². The Balaban J connectivity index is 2.07. The van der Waals surface area contributed by atoms with E-state index in [4.69, 9.17) is 11.6 Å². The third-order valence-electron chi connectivity index (χ3n) is 2.47. The van der Waals surface area contributed by atoms with Crippen LogP contribution in [0.5, 0.6) is 0 Å². The van der Waals surface area contributed by atoms with E-state index in [-0.39, 0.29) is 9.92 Å². The average molecular weight is 283 g/mol. The largest absolute Gasteiger partial charge is 0.379 e. The summed E-state index contributed by atoms with van der Waals surface area (Å²) in [5.41, 5.74) is 1.84. The fraction of sp³-hybridized carbons (Fsp3) is 0.167. The first kappa shape index (κ1) is 12.9. The Morgan fingerprint density at radius 3 is 2.83 bits per heavy atom. The minimum Gasteiger partial charge on any atom is -0.379 e. The molecule has 4 nitrogen and oxygen atoms in total. The predicted molar refractivity (Wildman–Crippen MR) is 74.5 cm³/mol.